The van der Waals surface area contributed by atoms with Crippen LogP contribution in [-0.2, 0) is 4.79 Å². The second-order valence-corrected chi connectivity index (χ2v) is 5.97. The zero-order chi connectivity index (χ0) is 15.1. The molecule has 20 heavy (non-hydrogen) atoms. The van der Waals surface area contributed by atoms with Crippen molar-refractivity contribution in [3.05, 3.63) is 34.9 Å². The number of carbonyl (C=O) groups excluding carboxylic acids is 1. The SMILES string of the molecule is CC(N)CCCC(C)C(=O)N[C@H](C)c1ccccc1Cl. The Labute approximate surface area is 126 Å². The molecular formula is C16H25ClN2O. The fourth-order valence-electron chi connectivity index (χ4n) is 2.14. The number of halogens is 1. The van der Waals surface area contributed by atoms with Gasteiger partial charge in [-0.1, -0.05) is 43.1 Å². The first-order valence-electron chi connectivity index (χ1n) is 7.22. The summed E-state index contributed by atoms with van der Waals surface area (Å²) in [5.74, 6) is 0.0702. The van der Waals surface area contributed by atoms with Gasteiger partial charge in [0.25, 0.3) is 0 Å². The Morgan fingerprint density at radius 1 is 1.25 bits per heavy atom. The van der Waals surface area contributed by atoms with Crippen LogP contribution in [0, 0.1) is 5.92 Å². The highest BCUT2D eigenvalue weighted by atomic mass is 35.5. The van der Waals surface area contributed by atoms with Gasteiger partial charge in [-0.2, -0.15) is 0 Å². The van der Waals surface area contributed by atoms with Crippen molar-refractivity contribution < 1.29 is 4.79 Å². The first kappa shape index (κ1) is 17.0. The lowest BCUT2D eigenvalue weighted by Crippen LogP contribution is -2.31. The first-order valence-corrected chi connectivity index (χ1v) is 7.60. The summed E-state index contributed by atoms with van der Waals surface area (Å²) in [6.45, 7) is 5.90. The summed E-state index contributed by atoms with van der Waals surface area (Å²) in [5.41, 5.74) is 6.66. The topological polar surface area (TPSA) is 55.1 Å². The lowest BCUT2D eigenvalue weighted by molar-refractivity contribution is -0.125. The molecule has 0 aliphatic carbocycles. The second kappa shape index (κ2) is 8.28. The van der Waals surface area contributed by atoms with E-state index in [9.17, 15) is 4.79 Å². The third-order valence-electron chi connectivity index (χ3n) is 3.47. The van der Waals surface area contributed by atoms with E-state index in [4.69, 9.17) is 17.3 Å². The van der Waals surface area contributed by atoms with E-state index in [0.29, 0.717) is 5.02 Å². The van der Waals surface area contributed by atoms with Gasteiger partial charge in [0.05, 0.1) is 6.04 Å². The summed E-state index contributed by atoms with van der Waals surface area (Å²) in [5, 5.41) is 3.71. The Morgan fingerprint density at radius 2 is 1.90 bits per heavy atom. The lowest BCUT2D eigenvalue weighted by atomic mass is 10.0. The molecule has 3 N–H and O–H groups in total. The maximum Gasteiger partial charge on any atom is 0.223 e. The molecule has 112 valence electrons. The quantitative estimate of drug-likeness (QED) is 0.806. The van der Waals surface area contributed by atoms with Crippen LogP contribution >= 0.6 is 11.6 Å². The van der Waals surface area contributed by atoms with Gasteiger partial charge < -0.3 is 11.1 Å². The molecule has 2 unspecified atom stereocenters. The molecule has 0 fully saturated rings. The van der Waals surface area contributed by atoms with E-state index in [2.05, 4.69) is 5.32 Å². The molecule has 0 aromatic heterocycles. The van der Waals surface area contributed by atoms with E-state index < -0.39 is 0 Å². The first-order chi connectivity index (χ1) is 9.41. The molecule has 4 heteroatoms. The van der Waals surface area contributed by atoms with Gasteiger partial charge in [-0.3, -0.25) is 4.79 Å². The van der Waals surface area contributed by atoms with Crippen LogP contribution in [0.25, 0.3) is 0 Å². The van der Waals surface area contributed by atoms with Gasteiger partial charge in [-0.05, 0) is 38.3 Å². The number of amides is 1. The van der Waals surface area contributed by atoms with E-state index in [1.807, 2.05) is 45.0 Å². The van der Waals surface area contributed by atoms with Gasteiger partial charge >= 0.3 is 0 Å². The third-order valence-corrected chi connectivity index (χ3v) is 3.82. The molecular weight excluding hydrogens is 272 g/mol. The molecule has 0 spiro atoms. The van der Waals surface area contributed by atoms with Gasteiger partial charge in [-0.25, -0.2) is 0 Å². The monoisotopic (exact) mass is 296 g/mol. The number of carbonyl (C=O) groups is 1. The van der Waals surface area contributed by atoms with Gasteiger partial charge in [0.1, 0.15) is 0 Å². The van der Waals surface area contributed by atoms with Gasteiger partial charge in [-0.15, -0.1) is 0 Å². The molecule has 1 amide bonds. The predicted octanol–water partition coefficient (Wildman–Crippen LogP) is 3.67. The van der Waals surface area contributed by atoms with Crippen molar-refractivity contribution >= 4 is 17.5 Å². The summed E-state index contributed by atoms with van der Waals surface area (Å²) in [7, 11) is 0. The molecule has 1 aromatic carbocycles. The molecule has 0 saturated heterocycles. The summed E-state index contributed by atoms with van der Waals surface area (Å²) < 4.78 is 0. The molecule has 0 radical (unpaired) electrons. The maximum absolute atomic E-state index is 12.1. The predicted molar refractivity (Wildman–Crippen MR) is 84.7 cm³/mol. The Kier molecular flexibility index (Phi) is 7.03. The van der Waals surface area contributed by atoms with Crippen molar-refractivity contribution in [2.24, 2.45) is 11.7 Å². The summed E-state index contributed by atoms with van der Waals surface area (Å²) in [6.07, 6.45) is 2.80. The largest absolute Gasteiger partial charge is 0.349 e. The molecule has 3 atom stereocenters. The Balaban J connectivity index is 2.47. The van der Waals surface area contributed by atoms with Gasteiger partial charge in [0, 0.05) is 17.0 Å². The molecule has 3 nitrogen and oxygen atoms in total. The fraction of sp³-hybridized carbons (Fsp3) is 0.562. The highest BCUT2D eigenvalue weighted by Crippen LogP contribution is 2.22. The number of nitrogens with two attached hydrogens (primary N) is 1. The van der Waals surface area contributed by atoms with E-state index in [1.54, 1.807) is 0 Å². The second-order valence-electron chi connectivity index (χ2n) is 5.56. The summed E-state index contributed by atoms with van der Waals surface area (Å²) in [6, 6.07) is 7.71. The molecule has 0 aliphatic heterocycles. The number of nitrogens with one attached hydrogen (secondary N) is 1. The molecule has 0 bridgehead atoms. The zero-order valence-electron chi connectivity index (χ0n) is 12.5. The van der Waals surface area contributed by atoms with Crippen molar-refractivity contribution in [2.75, 3.05) is 0 Å². The zero-order valence-corrected chi connectivity index (χ0v) is 13.3. The Bertz CT molecular complexity index is 434. The minimum atomic E-state index is -0.0768. The number of hydrogen-bond donors (Lipinski definition) is 2. The normalized spacial score (nSPS) is 15.4. The minimum absolute atomic E-state index is 0.00122. The molecule has 0 aliphatic rings. The van der Waals surface area contributed by atoms with Gasteiger partial charge in [0.15, 0.2) is 0 Å². The number of rotatable bonds is 7. The van der Waals surface area contributed by atoms with Crippen molar-refractivity contribution in [2.45, 2.75) is 52.1 Å². The van der Waals surface area contributed by atoms with E-state index in [-0.39, 0.29) is 23.9 Å². The van der Waals surface area contributed by atoms with Crippen LogP contribution < -0.4 is 11.1 Å². The van der Waals surface area contributed by atoms with Crippen LogP contribution in [0.2, 0.25) is 5.02 Å². The fourth-order valence-corrected chi connectivity index (χ4v) is 2.44. The third kappa shape index (κ3) is 5.51. The molecule has 0 heterocycles. The Hall–Kier alpha value is -1.06. The smallest absolute Gasteiger partial charge is 0.223 e. The standard InChI is InChI=1S/C16H25ClN2O/c1-11(7-6-8-12(2)18)16(20)19-13(3)14-9-4-5-10-15(14)17/h4-5,9-13H,6-8,18H2,1-3H3,(H,19,20)/t11?,12?,13-/m1/s1. The van der Waals surface area contributed by atoms with Crippen LogP contribution in [0.5, 0.6) is 0 Å². The van der Waals surface area contributed by atoms with Crippen molar-refractivity contribution in [3.8, 4) is 0 Å². The van der Waals surface area contributed by atoms with Crippen LogP contribution in [-0.4, -0.2) is 11.9 Å². The van der Waals surface area contributed by atoms with Crippen molar-refractivity contribution in [1.82, 2.24) is 5.32 Å². The summed E-state index contributed by atoms with van der Waals surface area (Å²) >= 11 is 6.14. The average molecular weight is 297 g/mol. The molecule has 1 aromatic rings. The van der Waals surface area contributed by atoms with Crippen molar-refractivity contribution in [3.63, 3.8) is 0 Å². The van der Waals surface area contributed by atoms with Crippen LogP contribution in [0.4, 0.5) is 0 Å². The van der Waals surface area contributed by atoms with E-state index >= 15 is 0 Å². The number of benzene rings is 1. The number of hydrogen-bond acceptors (Lipinski definition) is 2. The molecule has 1 rings (SSSR count). The van der Waals surface area contributed by atoms with E-state index in [1.165, 1.54) is 0 Å². The van der Waals surface area contributed by atoms with Crippen LogP contribution in [0.15, 0.2) is 24.3 Å². The van der Waals surface area contributed by atoms with E-state index in [0.717, 1.165) is 24.8 Å². The highest BCUT2D eigenvalue weighted by molar-refractivity contribution is 6.31. The van der Waals surface area contributed by atoms with Crippen LogP contribution in [0.3, 0.4) is 0 Å². The summed E-state index contributed by atoms with van der Waals surface area (Å²) in [4.78, 5) is 12.1. The average Bonchev–Trinajstić information content (AvgIpc) is 2.38. The minimum Gasteiger partial charge on any atom is -0.349 e. The van der Waals surface area contributed by atoms with Crippen molar-refractivity contribution in [1.29, 1.82) is 0 Å². The highest BCUT2D eigenvalue weighted by Gasteiger charge is 2.17. The lowest BCUT2D eigenvalue weighted by Gasteiger charge is -2.19. The molecule has 0 saturated carbocycles. The Morgan fingerprint density at radius 3 is 2.50 bits per heavy atom. The van der Waals surface area contributed by atoms with Gasteiger partial charge in [0.2, 0.25) is 5.91 Å². The van der Waals surface area contributed by atoms with Crippen LogP contribution in [0.1, 0.15) is 51.6 Å². The maximum atomic E-state index is 12.1.